The molecule has 1 aromatic carbocycles. The summed E-state index contributed by atoms with van der Waals surface area (Å²) in [5.74, 6) is 6.56. The standard InChI is InChI=1S/C14H15N5OS/c1-8-16-9(2)19(18-8)7-11-10-5-3-4-6-12(10)21-13(11)14(20)17-15/h3-6H,7,15H2,1-2H3,(H,17,20). The van der Waals surface area contributed by atoms with E-state index in [1.54, 1.807) is 4.68 Å². The van der Waals surface area contributed by atoms with Crippen LogP contribution >= 0.6 is 11.3 Å². The van der Waals surface area contributed by atoms with Gasteiger partial charge in [0, 0.05) is 10.3 Å². The number of nitrogen functional groups attached to an aromatic ring is 1. The van der Waals surface area contributed by atoms with Crippen molar-refractivity contribution in [3.63, 3.8) is 0 Å². The number of carbonyl (C=O) groups is 1. The zero-order chi connectivity index (χ0) is 15.0. The molecule has 0 saturated carbocycles. The molecule has 1 amide bonds. The fraction of sp³-hybridized carbons (Fsp3) is 0.214. The van der Waals surface area contributed by atoms with Gasteiger partial charge in [-0.25, -0.2) is 15.5 Å². The molecule has 0 unspecified atom stereocenters. The number of hydrazine groups is 1. The molecule has 21 heavy (non-hydrogen) atoms. The van der Waals surface area contributed by atoms with E-state index < -0.39 is 0 Å². The van der Waals surface area contributed by atoms with Crippen molar-refractivity contribution in [2.45, 2.75) is 20.4 Å². The van der Waals surface area contributed by atoms with Crippen LogP contribution in [0.5, 0.6) is 0 Å². The quantitative estimate of drug-likeness (QED) is 0.438. The molecular weight excluding hydrogens is 286 g/mol. The second kappa shape index (κ2) is 5.27. The van der Waals surface area contributed by atoms with Gasteiger partial charge in [0.25, 0.3) is 5.91 Å². The molecule has 0 aliphatic carbocycles. The van der Waals surface area contributed by atoms with Crippen LogP contribution in [0.15, 0.2) is 24.3 Å². The third-order valence-corrected chi connectivity index (χ3v) is 4.52. The molecule has 0 fully saturated rings. The van der Waals surface area contributed by atoms with Crippen LogP contribution in [0.25, 0.3) is 10.1 Å². The van der Waals surface area contributed by atoms with Crippen LogP contribution in [-0.4, -0.2) is 20.7 Å². The van der Waals surface area contributed by atoms with Crippen LogP contribution in [0, 0.1) is 13.8 Å². The molecule has 0 atom stereocenters. The van der Waals surface area contributed by atoms with Gasteiger partial charge in [0.15, 0.2) is 0 Å². The highest BCUT2D eigenvalue weighted by Crippen LogP contribution is 2.31. The second-order valence-electron chi connectivity index (χ2n) is 4.74. The van der Waals surface area contributed by atoms with E-state index in [-0.39, 0.29) is 5.91 Å². The number of benzene rings is 1. The maximum absolute atomic E-state index is 12.0. The van der Waals surface area contributed by atoms with Gasteiger partial charge in [-0.05, 0) is 25.3 Å². The molecule has 0 aliphatic rings. The van der Waals surface area contributed by atoms with Crippen molar-refractivity contribution >= 4 is 27.3 Å². The molecule has 0 aliphatic heterocycles. The van der Waals surface area contributed by atoms with Gasteiger partial charge in [0.05, 0.1) is 11.4 Å². The molecular formula is C14H15N5OS. The number of hydrogen-bond acceptors (Lipinski definition) is 5. The summed E-state index contributed by atoms with van der Waals surface area (Å²) in [7, 11) is 0. The van der Waals surface area contributed by atoms with Crippen LogP contribution in [0.1, 0.15) is 26.9 Å². The van der Waals surface area contributed by atoms with E-state index in [2.05, 4.69) is 15.5 Å². The first-order chi connectivity index (χ1) is 10.1. The van der Waals surface area contributed by atoms with Gasteiger partial charge in [-0.2, -0.15) is 5.10 Å². The van der Waals surface area contributed by atoms with E-state index in [0.29, 0.717) is 11.4 Å². The fourth-order valence-corrected chi connectivity index (χ4v) is 3.48. The lowest BCUT2D eigenvalue weighted by Gasteiger charge is -2.05. The Bertz CT molecular complexity index is 820. The number of aromatic nitrogens is 3. The minimum Gasteiger partial charge on any atom is -0.289 e. The summed E-state index contributed by atoms with van der Waals surface area (Å²) in [5.41, 5.74) is 3.14. The maximum Gasteiger partial charge on any atom is 0.275 e. The molecule has 3 aromatic rings. The maximum atomic E-state index is 12.0. The topological polar surface area (TPSA) is 85.8 Å². The van der Waals surface area contributed by atoms with Crippen molar-refractivity contribution in [2.24, 2.45) is 5.84 Å². The SMILES string of the molecule is Cc1nc(C)n(Cc2c(C(=O)NN)sc3ccccc23)n1. The largest absolute Gasteiger partial charge is 0.289 e. The van der Waals surface area contributed by atoms with Crippen molar-refractivity contribution in [2.75, 3.05) is 0 Å². The van der Waals surface area contributed by atoms with Crippen LogP contribution in [0.2, 0.25) is 0 Å². The number of amides is 1. The Morgan fingerprint density at radius 1 is 1.38 bits per heavy atom. The van der Waals surface area contributed by atoms with Gasteiger partial charge in [-0.3, -0.25) is 10.2 Å². The number of carbonyl (C=O) groups excluding carboxylic acids is 1. The van der Waals surface area contributed by atoms with Gasteiger partial charge < -0.3 is 0 Å². The van der Waals surface area contributed by atoms with Crippen molar-refractivity contribution in [3.8, 4) is 0 Å². The summed E-state index contributed by atoms with van der Waals surface area (Å²) in [6.07, 6.45) is 0. The van der Waals surface area contributed by atoms with E-state index in [4.69, 9.17) is 5.84 Å². The van der Waals surface area contributed by atoms with Crippen LogP contribution in [0.4, 0.5) is 0 Å². The molecule has 0 bridgehead atoms. The van der Waals surface area contributed by atoms with Crippen LogP contribution < -0.4 is 11.3 Å². The number of fused-ring (bicyclic) bond motifs is 1. The molecule has 7 heteroatoms. The molecule has 2 aromatic heterocycles. The fourth-order valence-electron chi connectivity index (χ4n) is 2.37. The van der Waals surface area contributed by atoms with E-state index >= 15 is 0 Å². The van der Waals surface area contributed by atoms with Crippen LogP contribution in [-0.2, 0) is 6.54 Å². The lowest BCUT2D eigenvalue weighted by molar-refractivity contribution is 0.0957. The van der Waals surface area contributed by atoms with Gasteiger partial charge in [-0.15, -0.1) is 11.3 Å². The number of nitrogens with one attached hydrogen (secondary N) is 1. The summed E-state index contributed by atoms with van der Waals surface area (Å²) >= 11 is 1.43. The van der Waals surface area contributed by atoms with E-state index in [0.717, 1.165) is 27.3 Å². The Labute approximate surface area is 125 Å². The molecule has 2 heterocycles. The molecule has 3 rings (SSSR count). The first kappa shape index (κ1) is 13.7. The van der Waals surface area contributed by atoms with E-state index in [1.165, 1.54) is 11.3 Å². The average molecular weight is 301 g/mol. The predicted octanol–water partition coefficient (Wildman–Crippen LogP) is 1.76. The van der Waals surface area contributed by atoms with Crippen molar-refractivity contribution < 1.29 is 4.79 Å². The first-order valence-corrected chi connectivity index (χ1v) is 7.31. The lowest BCUT2D eigenvalue weighted by atomic mass is 10.1. The summed E-state index contributed by atoms with van der Waals surface area (Å²) in [6, 6.07) is 7.92. The van der Waals surface area contributed by atoms with Crippen molar-refractivity contribution in [1.82, 2.24) is 20.2 Å². The molecule has 0 radical (unpaired) electrons. The van der Waals surface area contributed by atoms with E-state index in [9.17, 15) is 4.79 Å². The highest BCUT2D eigenvalue weighted by molar-refractivity contribution is 7.21. The van der Waals surface area contributed by atoms with Gasteiger partial charge in [0.2, 0.25) is 0 Å². The van der Waals surface area contributed by atoms with Crippen molar-refractivity contribution in [1.29, 1.82) is 0 Å². The third-order valence-electron chi connectivity index (χ3n) is 3.31. The highest BCUT2D eigenvalue weighted by Gasteiger charge is 2.19. The van der Waals surface area contributed by atoms with E-state index in [1.807, 2.05) is 38.1 Å². The Morgan fingerprint density at radius 3 is 2.81 bits per heavy atom. The third kappa shape index (κ3) is 2.41. The molecule has 108 valence electrons. The zero-order valence-corrected chi connectivity index (χ0v) is 12.6. The number of nitrogens with two attached hydrogens (primary N) is 1. The normalized spacial score (nSPS) is 11.0. The summed E-state index contributed by atoms with van der Waals surface area (Å²) < 4.78 is 2.86. The van der Waals surface area contributed by atoms with Gasteiger partial charge in [-0.1, -0.05) is 18.2 Å². The molecule has 3 N–H and O–H groups in total. The number of rotatable bonds is 3. The first-order valence-electron chi connectivity index (χ1n) is 6.49. The lowest BCUT2D eigenvalue weighted by Crippen LogP contribution is -2.30. The van der Waals surface area contributed by atoms with Gasteiger partial charge in [0.1, 0.15) is 11.6 Å². The Morgan fingerprint density at radius 2 is 2.14 bits per heavy atom. The summed E-state index contributed by atoms with van der Waals surface area (Å²) in [4.78, 5) is 16.9. The molecule has 0 spiro atoms. The highest BCUT2D eigenvalue weighted by atomic mass is 32.1. The molecule has 6 nitrogen and oxygen atoms in total. The Balaban J connectivity index is 2.15. The second-order valence-corrected chi connectivity index (χ2v) is 5.80. The predicted molar refractivity (Wildman–Crippen MR) is 82.1 cm³/mol. The van der Waals surface area contributed by atoms with Gasteiger partial charge >= 0.3 is 0 Å². The number of aryl methyl sites for hydroxylation is 2. The zero-order valence-electron chi connectivity index (χ0n) is 11.8. The number of thiophene rings is 1. The average Bonchev–Trinajstić information content (AvgIpc) is 2.99. The van der Waals surface area contributed by atoms with Crippen molar-refractivity contribution in [3.05, 3.63) is 46.4 Å². The monoisotopic (exact) mass is 301 g/mol. The summed E-state index contributed by atoms with van der Waals surface area (Å²) in [6.45, 7) is 4.25. The Hall–Kier alpha value is -2.25. The van der Waals surface area contributed by atoms with Crippen LogP contribution in [0.3, 0.4) is 0 Å². The summed E-state index contributed by atoms with van der Waals surface area (Å²) in [5, 5.41) is 5.42. The smallest absolute Gasteiger partial charge is 0.275 e. The minimum absolute atomic E-state index is 0.277. The minimum atomic E-state index is -0.277. The Kier molecular flexibility index (Phi) is 3.44. The number of hydrogen-bond donors (Lipinski definition) is 2. The number of nitrogens with zero attached hydrogens (tertiary/aromatic N) is 3. The molecule has 0 saturated heterocycles.